The summed E-state index contributed by atoms with van der Waals surface area (Å²) in [5, 5.41) is 3.78. The average Bonchev–Trinajstić information content (AvgIpc) is 2.70. The molecule has 20 heavy (non-hydrogen) atoms. The molecule has 1 N–H and O–H groups in total. The van der Waals surface area contributed by atoms with Crippen molar-refractivity contribution in [1.29, 1.82) is 0 Å². The summed E-state index contributed by atoms with van der Waals surface area (Å²) in [5.41, 5.74) is 5.71. The average molecular weight is 273 g/mol. The number of hydrogen-bond acceptors (Lipinski definition) is 1. The third kappa shape index (κ3) is 4.09. The van der Waals surface area contributed by atoms with Crippen molar-refractivity contribution in [3.63, 3.8) is 0 Å². The van der Waals surface area contributed by atoms with Gasteiger partial charge in [0, 0.05) is 12.6 Å². The van der Waals surface area contributed by atoms with Gasteiger partial charge in [-0.25, -0.2) is 0 Å². The third-order valence-electron chi connectivity index (χ3n) is 5.17. The van der Waals surface area contributed by atoms with E-state index in [1.54, 1.807) is 0 Å². The summed E-state index contributed by atoms with van der Waals surface area (Å²) in [6.07, 6.45) is 8.58. The number of aryl methyl sites for hydroxylation is 3. The van der Waals surface area contributed by atoms with E-state index < -0.39 is 0 Å². The zero-order valence-electron chi connectivity index (χ0n) is 13.8. The van der Waals surface area contributed by atoms with Crippen molar-refractivity contribution < 1.29 is 0 Å². The molecule has 0 bridgehead atoms. The van der Waals surface area contributed by atoms with Gasteiger partial charge in [-0.15, -0.1) is 0 Å². The molecule has 0 aliphatic heterocycles. The second-order valence-corrected chi connectivity index (χ2v) is 6.78. The first-order valence-electron chi connectivity index (χ1n) is 8.38. The highest BCUT2D eigenvalue weighted by Gasteiger charge is 2.18. The number of hydrogen-bond donors (Lipinski definition) is 1. The van der Waals surface area contributed by atoms with E-state index in [4.69, 9.17) is 0 Å². The normalized spacial score (nSPS) is 18.8. The van der Waals surface area contributed by atoms with Gasteiger partial charge in [0.15, 0.2) is 0 Å². The van der Waals surface area contributed by atoms with Crippen LogP contribution in [-0.2, 0) is 6.54 Å². The van der Waals surface area contributed by atoms with Gasteiger partial charge in [-0.05, 0) is 68.7 Å². The molecule has 0 spiro atoms. The van der Waals surface area contributed by atoms with E-state index in [-0.39, 0.29) is 0 Å². The van der Waals surface area contributed by atoms with Gasteiger partial charge in [0.25, 0.3) is 0 Å². The van der Waals surface area contributed by atoms with E-state index in [1.807, 2.05) is 0 Å². The lowest BCUT2D eigenvalue weighted by atomic mass is 9.92. The van der Waals surface area contributed by atoms with Crippen LogP contribution in [0.15, 0.2) is 12.1 Å². The molecule has 1 aliphatic rings. The van der Waals surface area contributed by atoms with Crippen LogP contribution < -0.4 is 5.32 Å². The highest BCUT2D eigenvalue weighted by atomic mass is 14.9. The Morgan fingerprint density at radius 1 is 0.950 bits per heavy atom. The quantitative estimate of drug-likeness (QED) is 0.756. The molecule has 2 rings (SSSR count). The molecule has 1 aromatic carbocycles. The number of benzene rings is 1. The molecular weight excluding hydrogens is 242 g/mol. The molecule has 1 nitrogen and oxygen atoms in total. The van der Waals surface area contributed by atoms with Crippen LogP contribution in [0.4, 0.5) is 0 Å². The van der Waals surface area contributed by atoms with E-state index in [2.05, 4.69) is 45.1 Å². The van der Waals surface area contributed by atoms with Crippen molar-refractivity contribution in [2.24, 2.45) is 5.92 Å². The zero-order chi connectivity index (χ0) is 14.5. The van der Waals surface area contributed by atoms with Crippen LogP contribution >= 0.6 is 0 Å². The molecule has 1 aromatic rings. The van der Waals surface area contributed by atoms with Crippen LogP contribution in [0.3, 0.4) is 0 Å². The highest BCUT2D eigenvalue weighted by Crippen LogP contribution is 2.25. The van der Waals surface area contributed by atoms with Gasteiger partial charge in [-0.3, -0.25) is 0 Å². The Balaban J connectivity index is 1.92. The summed E-state index contributed by atoms with van der Waals surface area (Å²) >= 11 is 0. The van der Waals surface area contributed by atoms with Crippen LogP contribution in [0, 0.1) is 26.7 Å². The number of nitrogens with one attached hydrogen (secondary N) is 1. The van der Waals surface area contributed by atoms with E-state index in [0.717, 1.165) is 12.5 Å². The maximum Gasteiger partial charge on any atom is 0.0210 e. The predicted octanol–water partition coefficient (Wildman–Crippen LogP) is 5.06. The monoisotopic (exact) mass is 273 g/mol. The fraction of sp³-hybridized carbons (Fsp3) is 0.684. The van der Waals surface area contributed by atoms with Crippen molar-refractivity contribution in [2.75, 3.05) is 0 Å². The third-order valence-corrected chi connectivity index (χ3v) is 5.17. The molecule has 0 amide bonds. The van der Waals surface area contributed by atoms with Crippen molar-refractivity contribution in [3.8, 4) is 0 Å². The molecule has 0 heterocycles. The van der Waals surface area contributed by atoms with Crippen LogP contribution in [0.1, 0.15) is 67.7 Å². The van der Waals surface area contributed by atoms with Crippen molar-refractivity contribution in [3.05, 3.63) is 34.4 Å². The second kappa shape index (κ2) is 7.26. The molecule has 0 unspecified atom stereocenters. The van der Waals surface area contributed by atoms with Gasteiger partial charge in [-0.1, -0.05) is 37.8 Å². The minimum absolute atomic E-state index is 0.647. The Hall–Kier alpha value is -0.820. The molecule has 1 saturated carbocycles. The summed E-state index contributed by atoms with van der Waals surface area (Å²) in [5.74, 6) is 0.879. The van der Waals surface area contributed by atoms with Gasteiger partial charge in [0.1, 0.15) is 0 Å². The highest BCUT2D eigenvalue weighted by molar-refractivity contribution is 5.36. The Labute approximate surface area is 125 Å². The van der Waals surface area contributed by atoms with E-state index >= 15 is 0 Å². The Bertz CT molecular complexity index is 428. The molecule has 1 aliphatic carbocycles. The lowest BCUT2D eigenvalue weighted by Gasteiger charge is -2.24. The second-order valence-electron chi connectivity index (χ2n) is 6.78. The predicted molar refractivity (Wildman–Crippen MR) is 88.1 cm³/mol. The Morgan fingerprint density at radius 3 is 2.20 bits per heavy atom. The lowest BCUT2D eigenvalue weighted by Crippen LogP contribution is -2.33. The van der Waals surface area contributed by atoms with Crippen molar-refractivity contribution in [2.45, 2.75) is 78.8 Å². The molecule has 0 aromatic heterocycles. The van der Waals surface area contributed by atoms with Gasteiger partial charge >= 0.3 is 0 Å². The topological polar surface area (TPSA) is 12.0 Å². The van der Waals surface area contributed by atoms with Crippen LogP contribution in [-0.4, -0.2) is 6.04 Å². The van der Waals surface area contributed by atoms with Crippen molar-refractivity contribution >= 4 is 0 Å². The first-order valence-corrected chi connectivity index (χ1v) is 8.38. The van der Waals surface area contributed by atoms with Gasteiger partial charge in [0.05, 0.1) is 0 Å². The number of rotatable bonds is 4. The summed E-state index contributed by atoms with van der Waals surface area (Å²) < 4.78 is 0. The molecule has 1 fully saturated rings. The summed E-state index contributed by atoms with van der Waals surface area (Å²) in [6, 6.07) is 5.33. The maximum atomic E-state index is 3.78. The largest absolute Gasteiger partial charge is 0.310 e. The SMILES string of the molecule is Cc1cc(C)c(CN[C@@H](C)C2CCCCCC2)cc1C. The van der Waals surface area contributed by atoms with Crippen LogP contribution in [0.25, 0.3) is 0 Å². The fourth-order valence-corrected chi connectivity index (χ4v) is 3.46. The van der Waals surface area contributed by atoms with E-state index in [0.29, 0.717) is 6.04 Å². The molecule has 0 radical (unpaired) electrons. The first-order chi connectivity index (χ1) is 9.58. The lowest BCUT2D eigenvalue weighted by molar-refractivity contribution is 0.336. The summed E-state index contributed by atoms with van der Waals surface area (Å²) in [4.78, 5) is 0. The summed E-state index contributed by atoms with van der Waals surface area (Å²) in [6.45, 7) is 10.1. The molecule has 1 heteroatoms. The zero-order valence-corrected chi connectivity index (χ0v) is 13.8. The van der Waals surface area contributed by atoms with Crippen LogP contribution in [0.5, 0.6) is 0 Å². The summed E-state index contributed by atoms with van der Waals surface area (Å²) in [7, 11) is 0. The molecule has 112 valence electrons. The van der Waals surface area contributed by atoms with Crippen molar-refractivity contribution in [1.82, 2.24) is 5.32 Å². The minimum atomic E-state index is 0.647. The smallest absolute Gasteiger partial charge is 0.0210 e. The van der Waals surface area contributed by atoms with Gasteiger partial charge in [0.2, 0.25) is 0 Å². The molecular formula is C19H31N. The van der Waals surface area contributed by atoms with E-state index in [1.165, 1.54) is 60.8 Å². The minimum Gasteiger partial charge on any atom is -0.310 e. The Kier molecular flexibility index (Phi) is 5.65. The van der Waals surface area contributed by atoms with E-state index in [9.17, 15) is 0 Å². The van der Waals surface area contributed by atoms with Gasteiger partial charge in [-0.2, -0.15) is 0 Å². The standard InChI is InChI=1S/C19H31N/c1-14-11-16(3)19(12-15(14)2)13-20-17(4)18-9-7-5-6-8-10-18/h11-12,17-18,20H,5-10,13H2,1-4H3/t17-/m0/s1. The maximum absolute atomic E-state index is 3.78. The van der Waals surface area contributed by atoms with Gasteiger partial charge < -0.3 is 5.32 Å². The molecule has 1 atom stereocenters. The first kappa shape index (κ1) is 15.6. The fourth-order valence-electron chi connectivity index (χ4n) is 3.46. The Morgan fingerprint density at radius 2 is 1.55 bits per heavy atom. The molecule has 0 saturated heterocycles. The van der Waals surface area contributed by atoms with Crippen LogP contribution in [0.2, 0.25) is 0 Å².